The quantitative estimate of drug-likeness (QED) is 0.374. The van der Waals surface area contributed by atoms with Gasteiger partial charge in [-0.05, 0) is 6.26 Å². The highest BCUT2D eigenvalue weighted by Crippen LogP contribution is 2.11. The van der Waals surface area contributed by atoms with Gasteiger partial charge in [-0.3, -0.25) is 10.1 Å². The molecule has 0 aromatic heterocycles. The summed E-state index contributed by atoms with van der Waals surface area (Å²) in [6, 6.07) is 6.10. The SMILES string of the molecule is CS/C(N)=N/N=C\c1cccc([N+](=O)[O-])c1. The van der Waals surface area contributed by atoms with Gasteiger partial charge in [0.2, 0.25) is 0 Å². The van der Waals surface area contributed by atoms with E-state index in [4.69, 9.17) is 5.73 Å². The molecule has 0 atom stereocenters. The topological polar surface area (TPSA) is 93.9 Å². The summed E-state index contributed by atoms with van der Waals surface area (Å²) in [5.74, 6) is 0. The predicted molar refractivity (Wildman–Crippen MR) is 65.8 cm³/mol. The molecule has 0 heterocycles. The first-order valence-electron chi connectivity index (χ1n) is 4.28. The maximum atomic E-state index is 10.5. The first-order chi connectivity index (χ1) is 7.63. The molecule has 0 aliphatic rings. The number of benzene rings is 1. The Morgan fingerprint density at radius 2 is 2.38 bits per heavy atom. The van der Waals surface area contributed by atoms with E-state index in [9.17, 15) is 10.1 Å². The van der Waals surface area contributed by atoms with Crippen LogP contribution >= 0.6 is 11.8 Å². The average molecular weight is 238 g/mol. The number of nitrogens with zero attached hydrogens (tertiary/aromatic N) is 3. The standard InChI is InChI=1S/C9H10N4O2S/c1-16-9(10)12-11-6-7-3-2-4-8(5-7)13(14)15/h2-6H,1H3,(H2,10,12)/b11-6-. The van der Waals surface area contributed by atoms with E-state index in [0.717, 1.165) is 0 Å². The number of thioether (sulfide) groups is 1. The van der Waals surface area contributed by atoms with Crippen molar-refractivity contribution in [2.75, 3.05) is 6.26 Å². The Kier molecular flexibility index (Phi) is 4.46. The molecule has 0 saturated heterocycles. The van der Waals surface area contributed by atoms with Crippen molar-refractivity contribution in [2.45, 2.75) is 0 Å². The molecule has 1 rings (SSSR count). The Bertz CT molecular complexity index is 445. The highest BCUT2D eigenvalue weighted by Gasteiger charge is 2.03. The van der Waals surface area contributed by atoms with Crippen LogP contribution in [0.15, 0.2) is 34.5 Å². The smallest absolute Gasteiger partial charge is 0.270 e. The van der Waals surface area contributed by atoms with Crippen LogP contribution in [0.3, 0.4) is 0 Å². The lowest BCUT2D eigenvalue weighted by atomic mass is 10.2. The van der Waals surface area contributed by atoms with E-state index in [2.05, 4.69) is 10.2 Å². The van der Waals surface area contributed by atoms with E-state index in [0.29, 0.717) is 10.7 Å². The number of non-ortho nitro benzene ring substituents is 1. The molecule has 0 radical (unpaired) electrons. The molecule has 0 aliphatic carbocycles. The fourth-order valence-corrected chi connectivity index (χ4v) is 1.04. The number of hydrogen-bond donors (Lipinski definition) is 1. The summed E-state index contributed by atoms with van der Waals surface area (Å²) in [6.45, 7) is 0. The third-order valence-electron chi connectivity index (χ3n) is 1.65. The lowest BCUT2D eigenvalue weighted by Crippen LogP contribution is -2.03. The van der Waals surface area contributed by atoms with E-state index in [-0.39, 0.29) is 5.69 Å². The van der Waals surface area contributed by atoms with Crippen molar-refractivity contribution in [1.82, 2.24) is 0 Å². The molecule has 0 spiro atoms. The van der Waals surface area contributed by atoms with Crippen LogP contribution in [0.1, 0.15) is 5.56 Å². The van der Waals surface area contributed by atoms with Crippen molar-refractivity contribution >= 4 is 28.8 Å². The molecular weight excluding hydrogens is 228 g/mol. The summed E-state index contributed by atoms with van der Waals surface area (Å²) in [7, 11) is 0. The number of nitro groups is 1. The van der Waals surface area contributed by atoms with Gasteiger partial charge in [-0.15, -0.1) is 5.10 Å². The zero-order valence-corrected chi connectivity index (χ0v) is 9.35. The van der Waals surface area contributed by atoms with Crippen LogP contribution in [0, 0.1) is 10.1 Å². The molecule has 1 aromatic carbocycles. The molecule has 0 unspecified atom stereocenters. The van der Waals surface area contributed by atoms with Crippen LogP contribution in [0.25, 0.3) is 0 Å². The molecule has 7 heteroatoms. The van der Waals surface area contributed by atoms with Gasteiger partial charge in [0, 0.05) is 17.7 Å². The maximum absolute atomic E-state index is 10.5. The largest absolute Gasteiger partial charge is 0.377 e. The summed E-state index contributed by atoms with van der Waals surface area (Å²) in [5.41, 5.74) is 6.03. The lowest BCUT2D eigenvalue weighted by molar-refractivity contribution is -0.384. The fraction of sp³-hybridized carbons (Fsp3) is 0.111. The van der Waals surface area contributed by atoms with Crippen molar-refractivity contribution in [3.05, 3.63) is 39.9 Å². The minimum atomic E-state index is -0.461. The molecule has 0 bridgehead atoms. The number of nitro benzene ring substituents is 1. The fourth-order valence-electron chi connectivity index (χ4n) is 0.912. The Labute approximate surface area is 96.4 Å². The summed E-state index contributed by atoms with van der Waals surface area (Å²) in [4.78, 5) is 10.0. The molecule has 1 aromatic rings. The number of hydrogen-bond acceptors (Lipinski definition) is 5. The monoisotopic (exact) mass is 238 g/mol. The van der Waals surface area contributed by atoms with Crippen molar-refractivity contribution in [2.24, 2.45) is 15.9 Å². The molecule has 0 aliphatic heterocycles. The van der Waals surface area contributed by atoms with Crippen molar-refractivity contribution < 1.29 is 4.92 Å². The maximum Gasteiger partial charge on any atom is 0.270 e. The predicted octanol–water partition coefficient (Wildman–Crippen LogP) is 1.61. The Balaban J connectivity index is 2.82. The van der Waals surface area contributed by atoms with Gasteiger partial charge in [0.1, 0.15) is 0 Å². The van der Waals surface area contributed by atoms with E-state index in [1.54, 1.807) is 18.4 Å². The molecule has 2 N–H and O–H groups in total. The Morgan fingerprint density at radius 3 is 3.00 bits per heavy atom. The normalized spacial score (nSPS) is 11.9. The van der Waals surface area contributed by atoms with Gasteiger partial charge >= 0.3 is 0 Å². The molecule has 84 valence electrons. The van der Waals surface area contributed by atoms with Gasteiger partial charge < -0.3 is 5.73 Å². The van der Waals surface area contributed by atoms with Gasteiger partial charge in [-0.1, -0.05) is 23.9 Å². The highest BCUT2D eigenvalue weighted by molar-refractivity contribution is 8.13. The first kappa shape index (κ1) is 12.2. The van der Waals surface area contributed by atoms with Crippen LogP contribution in [-0.4, -0.2) is 22.6 Å². The van der Waals surface area contributed by atoms with Gasteiger partial charge in [0.05, 0.1) is 11.1 Å². The van der Waals surface area contributed by atoms with E-state index in [1.807, 2.05) is 0 Å². The van der Waals surface area contributed by atoms with Gasteiger partial charge in [0.25, 0.3) is 5.69 Å². The van der Waals surface area contributed by atoms with Gasteiger partial charge in [-0.25, -0.2) is 0 Å². The number of rotatable bonds is 3. The lowest BCUT2D eigenvalue weighted by Gasteiger charge is -1.92. The second-order valence-corrected chi connectivity index (χ2v) is 3.57. The van der Waals surface area contributed by atoms with Crippen LogP contribution in [0.4, 0.5) is 5.69 Å². The molecular formula is C9H10N4O2S. The summed E-state index contributed by atoms with van der Waals surface area (Å²) in [5, 5.41) is 18.2. The third-order valence-corrected chi connectivity index (χ3v) is 2.15. The van der Waals surface area contributed by atoms with Crippen LogP contribution in [0.5, 0.6) is 0 Å². The van der Waals surface area contributed by atoms with Crippen LogP contribution < -0.4 is 5.73 Å². The van der Waals surface area contributed by atoms with E-state index >= 15 is 0 Å². The first-order valence-corrected chi connectivity index (χ1v) is 5.51. The minimum absolute atomic E-state index is 0.0192. The second kappa shape index (κ2) is 5.86. The second-order valence-electron chi connectivity index (χ2n) is 2.74. The Hall–Kier alpha value is -1.89. The summed E-state index contributed by atoms with van der Waals surface area (Å²) >= 11 is 1.27. The van der Waals surface area contributed by atoms with Crippen molar-refractivity contribution in [3.63, 3.8) is 0 Å². The van der Waals surface area contributed by atoms with Gasteiger partial charge in [0.15, 0.2) is 5.17 Å². The zero-order valence-electron chi connectivity index (χ0n) is 8.53. The molecule has 0 amide bonds. The summed E-state index contributed by atoms with van der Waals surface area (Å²) < 4.78 is 0. The average Bonchev–Trinajstić information content (AvgIpc) is 2.29. The van der Waals surface area contributed by atoms with E-state index < -0.39 is 4.92 Å². The van der Waals surface area contributed by atoms with Crippen LogP contribution in [0.2, 0.25) is 0 Å². The van der Waals surface area contributed by atoms with E-state index in [1.165, 1.54) is 30.1 Å². The van der Waals surface area contributed by atoms with Crippen molar-refractivity contribution in [3.8, 4) is 0 Å². The Morgan fingerprint density at radius 1 is 1.62 bits per heavy atom. The molecule has 6 nitrogen and oxygen atoms in total. The highest BCUT2D eigenvalue weighted by atomic mass is 32.2. The third kappa shape index (κ3) is 3.70. The number of amidine groups is 1. The minimum Gasteiger partial charge on any atom is -0.377 e. The van der Waals surface area contributed by atoms with Gasteiger partial charge in [-0.2, -0.15) is 5.10 Å². The summed E-state index contributed by atoms with van der Waals surface area (Å²) in [6.07, 6.45) is 3.19. The molecule has 0 fully saturated rings. The zero-order chi connectivity index (χ0) is 12.0. The van der Waals surface area contributed by atoms with Crippen molar-refractivity contribution in [1.29, 1.82) is 0 Å². The number of nitrogens with two attached hydrogens (primary N) is 1. The molecule has 16 heavy (non-hydrogen) atoms. The molecule has 0 saturated carbocycles. The van der Waals surface area contributed by atoms with Crippen LogP contribution in [-0.2, 0) is 0 Å².